The van der Waals surface area contributed by atoms with Crippen LogP contribution in [0.4, 0.5) is 0 Å². The number of aromatic amines is 1. The van der Waals surface area contributed by atoms with Crippen LogP contribution >= 0.6 is 197 Å². The minimum Gasteiger partial charge on any atom is -0.355 e. The van der Waals surface area contributed by atoms with Gasteiger partial charge in [-0.25, -0.2) is 0 Å². The maximum absolute atomic E-state index is 7.10. The lowest BCUT2D eigenvalue weighted by atomic mass is 9.84. The molecule has 0 saturated carbocycles. The van der Waals surface area contributed by atoms with Gasteiger partial charge in [-0.15, -0.1) is 0 Å². The van der Waals surface area contributed by atoms with Gasteiger partial charge in [-0.2, -0.15) is 0 Å². The number of nitrogens with zero attached hydrogens (tertiary/aromatic N) is 1. The first-order valence-electron chi connectivity index (χ1n) is 24.9. The molecular weight excluding hydrogens is 1390 g/mol. The maximum Gasteiger partial charge on any atom is 0.0541 e. The van der Waals surface area contributed by atoms with Crippen LogP contribution < -0.4 is 0 Å². The molecule has 19 heteroatoms. The van der Waals surface area contributed by atoms with Crippen LogP contribution in [0.1, 0.15) is 55.6 Å². The lowest BCUT2D eigenvalue weighted by molar-refractivity contribution is 0.976. The lowest BCUT2D eigenvalue weighted by Crippen LogP contribution is -2.09. The van der Waals surface area contributed by atoms with Crippen LogP contribution in [0, 0.1) is 0 Å². The highest BCUT2D eigenvalue weighted by Crippen LogP contribution is 2.53. The van der Waals surface area contributed by atoms with E-state index in [0.717, 1.165) is 27.5 Å². The van der Waals surface area contributed by atoms with Crippen LogP contribution in [0.25, 0.3) is 49.3 Å². The van der Waals surface area contributed by atoms with Crippen molar-refractivity contribution in [2.24, 2.45) is 0 Å². The Hall–Kier alpha value is -3.27. The Morgan fingerprint density at radius 2 is 0.488 bits per heavy atom. The highest BCUT2D eigenvalue weighted by atomic mass is 35.5. The molecule has 2 heterocycles. The van der Waals surface area contributed by atoms with Crippen LogP contribution in [0.3, 0.4) is 0 Å². The third-order valence-electron chi connectivity index (χ3n) is 13.3. The minimum absolute atomic E-state index is 0. The fourth-order valence-corrected chi connectivity index (χ4v) is 15.9. The van der Waals surface area contributed by atoms with Crippen molar-refractivity contribution in [2.45, 2.75) is 19.3 Å². The molecule has 0 saturated heterocycles. The molecule has 0 amide bonds. The summed E-state index contributed by atoms with van der Waals surface area (Å²) >= 11 is 111. The molecule has 0 fully saturated rings. The first-order valence-corrected chi connectivity index (χ1v) is 30.3. The quantitative estimate of drug-likeness (QED) is 0.154. The van der Waals surface area contributed by atoms with Crippen molar-refractivity contribution in [1.82, 2.24) is 9.55 Å². The van der Waals surface area contributed by atoms with Crippen LogP contribution in [0.5, 0.6) is 0 Å². The number of para-hydroxylation sites is 4. The van der Waals surface area contributed by atoms with Gasteiger partial charge in [0.1, 0.15) is 0 Å². The first kappa shape index (κ1) is 61.8. The summed E-state index contributed by atoms with van der Waals surface area (Å²) in [6.07, 6.45) is 0. The molecule has 1 N–H and O–H groups in total. The second-order valence-electron chi connectivity index (χ2n) is 18.2. The minimum atomic E-state index is -0.735. The van der Waals surface area contributed by atoms with Crippen molar-refractivity contribution in [3.63, 3.8) is 0 Å². The van der Waals surface area contributed by atoms with Gasteiger partial charge in [0, 0.05) is 172 Å². The standard InChI is InChI=1S/C31H15Cl8N.C19H7Cl9.C12H9N.CH4.H2/c32-15-9-20(34)28(21(35)10-15)31(29-22(36)11-16(33)12-23(29)37)30-24(38)13-17(14-25(30)39)40-26-7-3-1-5-18(26)19-6-2-4-8-27(19)40;20-7-1-10(23)16(11(24)2-7)19(17-12(25)3-8(21)4-13(17)26)18-14(27)5-9(22)6-15(18)28;1-3-7-11-9(5-1)10-6-2-4-8-12(10)13-11;;/h1-14,31H;1-6,19H;1-8,13H;1H4;1H/i;;;;1+2T. The van der Waals surface area contributed by atoms with Gasteiger partial charge in [-0.3, -0.25) is 0 Å². The Morgan fingerprint density at radius 1 is 0.280 bits per heavy atom. The Balaban J connectivity index is 0.000000180. The number of hydrogen-bond acceptors (Lipinski definition) is 0. The Bertz CT molecular complexity index is 4010. The summed E-state index contributed by atoms with van der Waals surface area (Å²) in [6.45, 7) is 0. The molecule has 0 aliphatic heterocycles. The van der Waals surface area contributed by atoms with Crippen LogP contribution in [0.15, 0.2) is 170 Å². The van der Waals surface area contributed by atoms with Crippen molar-refractivity contribution in [3.05, 3.63) is 289 Å². The van der Waals surface area contributed by atoms with E-state index in [1.807, 2.05) is 36.4 Å². The van der Waals surface area contributed by atoms with E-state index in [-0.39, 0.29) is 7.43 Å². The number of nitrogens with one attached hydrogen (secondary N) is 1. The molecule has 0 bridgehead atoms. The number of aromatic nitrogens is 2. The van der Waals surface area contributed by atoms with E-state index in [1.54, 1.807) is 60.7 Å². The average Bonchev–Trinajstić information content (AvgIpc) is 1.63. The molecule has 418 valence electrons. The van der Waals surface area contributed by atoms with Crippen LogP contribution in [0.2, 0.25) is 85.4 Å². The number of halogens is 17. The van der Waals surface area contributed by atoms with E-state index in [1.165, 1.54) is 21.8 Å². The number of fused-ring (bicyclic) bond motifs is 6. The molecular formula is C63H37Cl17N2. The highest BCUT2D eigenvalue weighted by Gasteiger charge is 2.33. The molecule has 0 aliphatic carbocycles. The summed E-state index contributed by atoms with van der Waals surface area (Å²) in [4.78, 5) is 3.38. The third-order valence-corrected chi connectivity index (χ3v) is 18.1. The summed E-state index contributed by atoms with van der Waals surface area (Å²) < 4.78 is 12.1. The van der Waals surface area contributed by atoms with Crippen molar-refractivity contribution in [3.8, 4) is 5.69 Å². The van der Waals surface area contributed by atoms with Crippen LogP contribution in [-0.2, 0) is 0 Å². The summed E-state index contributed by atoms with van der Waals surface area (Å²) in [6, 6.07) is 52.6. The molecule has 0 radical (unpaired) electrons. The predicted molar refractivity (Wildman–Crippen MR) is 365 cm³/mol. The molecule has 2 nitrogen and oxygen atoms in total. The Kier molecular flexibility index (Phi) is 20.2. The normalized spacial score (nSPS) is 11.5. The first-order chi connectivity index (χ1) is 39.7. The molecule has 2 aromatic heterocycles. The highest BCUT2D eigenvalue weighted by molar-refractivity contribution is 6.44. The second kappa shape index (κ2) is 26.8. The third kappa shape index (κ3) is 12.9. The molecule has 10 aromatic carbocycles. The van der Waals surface area contributed by atoms with Gasteiger partial charge < -0.3 is 9.55 Å². The van der Waals surface area contributed by atoms with Crippen molar-refractivity contribution < 1.29 is 2.97 Å². The Morgan fingerprint density at radius 3 is 0.744 bits per heavy atom. The maximum atomic E-state index is 7.10. The second-order valence-corrected chi connectivity index (χ2v) is 25.3. The van der Waals surface area contributed by atoms with Crippen molar-refractivity contribution >= 4 is 241 Å². The lowest BCUT2D eigenvalue weighted by Gasteiger charge is -2.26. The van der Waals surface area contributed by atoms with E-state index < -0.39 is 11.8 Å². The van der Waals surface area contributed by atoms with Crippen molar-refractivity contribution in [2.75, 3.05) is 0 Å². The average molecular weight is 1430 g/mol. The van der Waals surface area contributed by atoms with Gasteiger partial charge in [0.25, 0.3) is 0 Å². The smallest absolute Gasteiger partial charge is 0.0541 e. The number of H-pyrrole nitrogens is 1. The molecule has 0 aliphatic rings. The molecule has 12 rings (SSSR count). The fourth-order valence-electron chi connectivity index (χ4n) is 9.99. The van der Waals surface area contributed by atoms with Crippen LogP contribution in [-0.4, -0.2) is 9.55 Å². The zero-order valence-corrected chi connectivity index (χ0v) is 53.5. The summed E-state index contributed by atoms with van der Waals surface area (Å²) in [5.74, 6) is -1.44. The monoisotopic (exact) mass is 1420 g/mol. The van der Waals surface area contributed by atoms with E-state index in [4.69, 9.17) is 200 Å². The Labute approximate surface area is 561 Å². The van der Waals surface area contributed by atoms with Gasteiger partial charge in [-0.1, -0.05) is 277 Å². The fraction of sp³-hybridized carbons (Fsp3) is 0.0476. The number of hydrogen-bond donors (Lipinski definition) is 1. The number of rotatable bonds is 7. The van der Waals surface area contributed by atoms with Crippen molar-refractivity contribution in [1.29, 1.82) is 0 Å². The van der Waals surface area contributed by atoms with Gasteiger partial charge in [0.15, 0.2) is 0 Å². The summed E-state index contributed by atoms with van der Waals surface area (Å²) in [7, 11) is 0. The van der Waals surface area contributed by atoms with E-state index in [2.05, 4.69) is 82.3 Å². The van der Waals surface area contributed by atoms with E-state index >= 15 is 0 Å². The molecule has 0 atom stereocenters. The summed E-state index contributed by atoms with van der Waals surface area (Å²) in [5.41, 5.74) is 8.27. The van der Waals surface area contributed by atoms with E-state index in [0.29, 0.717) is 119 Å². The molecule has 0 spiro atoms. The molecule has 12 aromatic rings. The SMILES string of the molecule is C.Clc1cc(Cl)c(C(c2c(Cl)cc(Cl)cc2Cl)c2c(Cl)cc(-n3c4ccccc4c4ccccc43)cc2Cl)c(Cl)c1.Clc1cc(Cl)c(C(c2c(Cl)cc(Cl)cc2Cl)c2c(Cl)cc(Cl)cc2Cl)c(Cl)c1.[3H][3H].c1ccc2c(c1)[nH]c1ccccc12. The van der Waals surface area contributed by atoms with Gasteiger partial charge in [0.05, 0.1) is 11.0 Å². The van der Waals surface area contributed by atoms with Gasteiger partial charge >= 0.3 is 0 Å². The zero-order valence-electron chi connectivity index (χ0n) is 42.7. The number of benzene rings is 10. The molecule has 82 heavy (non-hydrogen) atoms. The predicted octanol–water partition coefficient (Wildman–Crippen LogP) is 28.1. The largest absolute Gasteiger partial charge is 0.355 e. The molecule has 0 unspecified atom stereocenters. The summed E-state index contributed by atoms with van der Waals surface area (Å²) in [5, 5.41) is 10.5. The van der Waals surface area contributed by atoms with Gasteiger partial charge in [0.2, 0.25) is 0 Å². The topological polar surface area (TPSA) is 20.7 Å². The van der Waals surface area contributed by atoms with Gasteiger partial charge in [-0.05, 0) is 97.1 Å². The zero-order chi connectivity index (χ0) is 59.7. The van der Waals surface area contributed by atoms with E-state index in [9.17, 15) is 0 Å².